The molecule has 100 valence electrons. The van der Waals surface area contributed by atoms with E-state index in [0.29, 0.717) is 16.1 Å². The summed E-state index contributed by atoms with van der Waals surface area (Å²) in [4.78, 5) is 22.5. The van der Waals surface area contributed by atoms with Gasteiger partial charge in [0.25, 0.3) is 5.56 Å². The van der Waals surface area contributed by atoms with Crippen LogP contribution in [-0.2, 0) is 0 Å². The topological polar surface area (TPSA) is 78.9 Å². The number of H-pyrrole nitrogens is 1. The number of nitrogens with zero attached hydrogens (tertiary/aromatic N) is 2. The van der Waals surface area contributed by atoms with Crippen LogP contribution >= 0.6 is 27.5 Å². The maximum Gasteiger partial charge on any atom is 0.269 e. The molecule has 0 aliphatic carbocycles. The van der Waals surface area contributed by atoms with E-state index < -0.39 is 5.56 Å². The number of aromatic hydroxyl groups is 1. The fourth-order valence-corrected chi connectivity index (χ4v) is 2.31. The standard InChI is InChI=1S/C13H7BrClN3O2/c14-9-12(19)17-11(18-13(9)20)7-3-4-8(15)6-2-1-5-16-10(6)7/h1-5H,(H2,17,18,19,20). The first-order chi connectivity index (χ1) is 9.58. The summed E-state index contributed by atoms with van der Waals surface area (Å²) >= 11 is 9.07. The van der Waals surface area contributed by atoms with Crippen molar-refractivity contribution in [2.24, 2.45) is 0 Å². The molecule has 0 aliphatic heterocycles. The SMILES string of the molecule is O=c1[nH]c(-c2ccc(Cl)c3cccnc23)nc(O)c1Br. The molecule has 3 rings (SSSR count). The highest BCUT2D eigenvalue weighted by Crippen LogP contribution is 2.30. The molecular formula is C13H7BrClN3O2. The minimum atomic E-state index is -0.466. The Bertz CT molecular complexity index is 879. The zero-order valence-corrected chi connectivity index (χ0v) is 12.2. The molecule has 0 saturated heterocycles. The van der Waals surface area contributed by atoms with Crippen LogP contribution in [0.5, 0.6) is 5.88 Å². The molecule has 2 heterocycles. The predicted octanol–water partition coefficient (Wildman–Crippen LogP) is 3.11. The molecule has 7 heteroatoms. The minimum absolute atomic E-state index is 0.00696. The van der Waals surface area contributed by atoms with Crippen LogP contribution in [0.2, 0.25) is 5.02 Å². The summed E-state index contributed by atoms with van der Waals surface area (Å²) in [7, 11) is 0. The van der Waals surface area contributed by atoms with Gasteiger partial charge in [0.15, 0.2) is 0 Å². The van der Waals surface area contributed by atoms with Gasteiger partial charge >= 0.3 is 0 Å². The highest BCUT2D eigenvalue weighted by atomic mass is 79.9. The number of benzene rings is 1. The molecule has 0 bridgehead atoms. The van der Waals surface area contributed by atoms with Crippen LogP contribution in [0.25, 0.3) is 22.3 Å². The van der Waals surface area contributed by atoms with Crippen LogP contribution in [0.1, 0.15) is 0 Å². The number of pyridine rings is 1. The Hall–Kier alpha value is -1.92. The zero-order chi connectivity index (χ0) is 14.3. The van der Waals surface area contributed by atoms with Crippen molar-refractivity contribution in [3.63, 3.8) is 0 Å². The highest BCUT2D eigenvalue weighted by molar-refractivity contribution is 9.10. The molecule has 0 fully saturated rings. The van der Waals surface area contributed by atoms with Crippen molar-refractivity contribution < 1.29 is 5.11 Å². The van der Waals surface area contributed by atoms with E-state index >= 15 is 0 Å². The number of hydrogen-bond acceptors (Lipinski definition) is 4. The van der Waals surface area contributed by atoms with Crippen molar-refractivity contribution in [2.75, 3.05) is 0 Å². The Morgan fingerprint density at radius 1 is 1.30 bits per heavy atom. The van der Waals surface area contributed by atoms with Gasteiger partial charge in [-0.25, -0.2) is 0 Å². The molecule has 0 radical (unpaired) electrons. The van der Waals surface area contributed by atoms with Gasteiger partial charge in [-0.15, -0.1) is 0 Å². The third-order valence-corrected chi connectivity index (χ3v) is 3.86. The van der Waals surface area contributed by atoms with Crippen molar-refractivity contribution >= 4 is 38.4 Å². The molecule has 0 spiro atoms. The summed E-state index contributed by atoms with van der Waals surface area (Å²) in [5.41, 5.74) is 0.723. The lowest BCUT2D eigenvalue weighted by atomic mass is 10.1. The van der Waals surface area contributed by atoms with E-state index in [1.165, 1.54) is 0 Å². The summed E-state index contributed by atoms with van der Waals surface area (Å²) < 4.78 is -0.00696. The second kappa shape index (κ2) is 4.88. The average molecular weight is 353 g/mol. The molecule has 0 saturated carbocycles. The number of rotatable bonds is 1. The van der Waals surface area contributed by atoms with Crippen LogP contribution in [0, 0.1) is 0 Å². The van der Waals surface area contributed by atoms with E-state index in [9.17, 15) is 9.90 Å². The van der Waals surface area contributed by atoms with E-state index in [2.05, 4.69) is 30.9 Å². The van der Waals surface area contributed by atoms with Crippen LogP contribution in [0.15, 0.2) is 39.7 Å². The largest absolute Gasteiger partial charge is 0.492 e. The Balaban J connectivity index is 2.36. The monoisotopic (exact) mass is 351 g/mol. The van der Waals surface area contributed by atoms with Crippen molar-refractivity contribution in [1.29, 1.82) is 0 Å². The number of hydrogen-bond donors (Lipinski definition) is 2. The summed E-state index contributed by atoms with van der Waals surface area (Å²) in [5.74, 6) is -0.140. The summed E-state index contributed by atoms with van der Waals surface area (Å²) in [6.45, 7) is 0. The quantitative estimate of drug-likeness (QED) is 0.705. The minimum Gasteiger partial charge on any atom is -0.492 e. The van der Waals surface area contributed by atoms with Gasteiger partial charge in [0.2, 0.25) is 5.88 Å². The molecule has 1 aromatic carbocycles. The molecule has 2 N–H and O–H groups in total. The lowest BCUT2D eigenvalue weighted by molar-refractivity contribution is 0.448. The fourth-order valence-electron chi connectivity index (χ4n) is 1.90. The van der Waals surface area contributed by atoms with Crippen LogP contribution < -0.4 is 5.56 Å². The number of aromatic nitrogens is 3. The van der Waals surface area contributed by atoms with Gasteiger partial charge in [0.1, 0.15) is 10.3 Å². The molecule has 0 atom stereocenters. The third-order valence-electron chi connectivity index (χ3n) is 2.82. The Kier molecular flexibility index (Phi) is 3.19. The normalized spacial score (nSPS) is 10.9. The van der Waals surface area contributed by atoms with E-state index in [4.69, 9.17) is 11.6 Å². The molecule has 5 nitrogen and oxygen atoms in total. The highest BCUT2D eigenvalue weighted by Gasteiger charge is 2.13. The maximum absolute atomic E-state index is 11.7. The third kappa shape index (κ3) is 2.07. The molecular weight excluding hydrogens is 346 g/mol. The lowest BCUT2D eigenvalue weighted by Crippen LogP contribution is -2.10. The molecule has 2 aromatic heterocycles. The number of halogens is 2. The second-order valence-corrected chi connectivity index (χ2v) is 5.25. The average Bonchev–Trinajstić information content (AvgIpc) is 2.45. The van der Waals surface area contributed by atoms with Crippen LogP contribution in [-0.4, -0.2) is 20.1 Å². The van der Waals surface area contributed by atoms with Gasteiger partial charge in [0, 0.05) is 17.1 Å². The van der Waals surface area contributed by atoms with Crippen molar-refractivity contribution in [3.8, 4) is 17.3 Å². The first-order valence-electron chi connectivity index (χ1n) is 5.60. The van der Waals surface area contributed by atoms with Crippen molar-refractivity contribution in [1.82, 2.24) is 15.0 Å². The van der Waals surface area contributed by atoms with Gasteiger partial charge < -0.3 is 10.1 Å². The van der Waals surface area contributed by atoms with Crippen LogP contribution in [0.3, 0.4) is 0 Å². The number of aromatic amines is 1. The Labute approximate surface area is 126 Å². The van der Waals surface area contributed by atoms with Crippen LogP contribution in [0.4, 0.5) is 0 Å². The number of fused-ring (bicyclic) bond motifs is 1. The smallest absolute Gasteiger partial charge is 0.269 e. The number of nitrogens with one attached hydrogen (secondary N) is 1. The van der Waals surface area contributed by atoms with Crippen molar-refractivity contribution in [3.05, 3.63) is 50.3 Å². The van der Waals surface area contributed by atoms with E-state index in [0.717, 1.165) is 5.39 Å². The van der Waals surface area contributed by atoms with Gasteiger partial charge in [-0.3, -0.25) is 9.78 Å². The van der Waals surface area contributed by atoms with Gasteiger partial charge in [-0.1, -0.05) is 11.6 Å². The first kappa shape index (κ1) is 13.1. The molecule has 0 amide bonds. The maximum atomic E-state index is 11.7. The van der Waals surface area contributed by atoms with Gasteiger partial charge in [-0.2, -0.15) is 4.98 Å². The molecule has 0 unspecified atom stereocenters. The molecule has 3 aromatic rings. The van der Waals surface area contributed by atoms with Crippen molar-refractivity contribution in [2.45, 2.75) is 0 Å². The van der Waals surface area contributed by atoms with E-state index in [-0.39, 0.29) is 16.2 Å². The van der Waals surface area contributed by atoms with E-state index in [1.807, 2.05) is 6.07 Å². The summed E-state index contributed by atoms with van der Waals surface area (Å²) in [5, 5.41) is 10.9. The lowest BCUT2D eigenvalue weighted by Gasteiger charge is -2.07. The predicted molar refractivity (Wildman–Crippen MR) is 80.0 cm³/mol. The first-order valence-corrected chi connectivity index (χ1v) is 6.77. The Morgan fingerprint density at radius 2 is 2.10 bits per heavy atom. The fraction of sp³-hybridized carbons (Fsp3) is 0. The molecule has 20 heavy (non-hydrogen) atoms. The molecule has 0 aliphatic rings. The zero-order valence-electron chi connectivity index (χ0n) is 9.89. The summed E-state index contributed by atoms with van der Waals surface area (Å²) in [6.07, 6.45) is 1.62. The van der Waals surface area contributed by atoms with Gasteiger partial charge in [-0.05, 0) is 40.2 Å². The van der Waals surface area contributed by atoms with Gasteiger partial charge in [0.05, 0.1) is 10.5 Å². The Morgan fingerprint density at radius 3 is 2.85 bits per heavy atom. The second-order valence-electron chi connectivity index (χ2n) is 4.05. The van der Waals surface area contributed by atoms with E-state index in [1.54, 1.807) is 24.4 Å². The summed E-state index contributed by atoms with van der Waals surface area (Å²) in [6, 6.07) is 6.99.